The first-order valence-electron chi connectivity index (χ1n) is 12.7. The van der Waals surface area contributed by atoms with Crippen LogP contribution in [0, 0.1) is 0 Å². The molecule has 1 aromatic carbocycles. The van der Waals surface area contributed by atoms with Gasteiger partial charge in [0, 0.05) is 43.2 Å². The summed E-state index contributed by atoms with van der Waals surface area (Å²) in [7, 11) is -2.12. The lowest BCUT2D eigenvalue weighted by Crippen LogP contribution is -2.36. The third-order valence-corrected chi connectivity index (χ3v) is 9.42. The van der Waals surface area contributed by atoms with Crippen LogP contribution in [0.1, 0.15) is 71.7 Å². The van der Waals surface area contributed by atoms with Crippen molar-refractivity contribution in [3.63, 3.8) is 0 Å². The number of unbranched alkanes of at least 4 members (excludes halogenated alkanes) is 1. The van der Waals surface area contributed by atoms with E-state index in [1.165, 1.54) is 47.0 Å². The van der Waals surface area contributed by atoms with Crippen LogP contribution in [0.2, 0.25) is 0 Å². The third kappa shape index (κ3) is 6.79. The SMILES string of the molecule is CCCCN(C)S(=O)(=O)c1ccc(C(=O)Nc2sc3c(c2C(=O)NC(=O)OCC)CCN(C(C)C)C3)cc1. The molecular formula is C26H36N4O6S2. The van der Waals surface area contributed by atoms with Gasteiger partial charge in [0.05, 0.1) is 17.1 Å². The van der Waals surface area contributed by atoms with Gasteiger partial charge in [0.25, 0.3) is 11.8 Å². The van der Waals surface area contributed by atoms with E-state index in [0.29, 0.717) is 30.6 Å². The van der Waals surface area contributed by atoms with Crippen molar-refractivity contribution in [3.8, 4) is 0 Å². The lowest BCUT2D eigenvalue weighted by molar-refractivity contribution is 0.0924. The Morgan fingerprint density at radius 1 is 1.13 bits per heavy atom. The number of thiophene rings is 1. The molecule has 10 nitrogen and oxygen atoms in total. The Morgan fingerprint density at radius 2 is 1.82 bits per heavy atom. The third-order valence-electron chi connectivity index (χ3n) is 6.41. The molecule has 3 rings (SSSR count). The molecule has 1 aromatic heterocycles. The fraction of sp³-hybridized carbons (Fsp3) is 0.500. The maximum Gasteiger partial charge on any atom is 0.414 e. The quantitative estimate of drug-likeness (QED) is 0.446. The van der Waals surface area contributed by atoms with Crippen molar-refractivity contribution in [1.82, 2.24) is 14.5 Å². The molecule has 2 N–H and O–H groups in total. The summed E-state index contributed by atoms with van der Waals surface area (Å²) in [4.78, 5) is 41.5. The first-order valence-corrected chi connectivity index (χ1v) is 15.0. The Kier molecular flexibility index (Phi) is 10.0. The van der Waals surface area contributed by atoms with Crippen molar-refractivity contribution in [1.29, 1.82) is 0 Å². The summed E-state index contributed by atoms with van der Waals surface area (Å²) >= 11 is 1.30. The molecule has 0 unspecified atom stereocenters. The van der Waals surface area contributed by atoms with Crippen LogP contribution in [0.5, 0.6) is 0 Å². The zero-order valence-electron chi connectivity index (χ0n) is 22.5. The normalized spacial score (nSPS) is 13.9. The maximum atomic E-state index is 13.1. The summed E-state index contributed by atoms with van der Waals surface area (Å²) in [5.41, 5.74) is 1.30. The number of hydrogen-bond donors (Lipinski definition) is 2. The first-order chi connectivity index (χ1) is 18.0. The molecule has 12 heteroatoms. The first kappa shape index (κ1) is 29.8. The number of fused-ring (bicyclic) bond motifs is 1. The topological polar surface area (TPSA) is 125 Å². The number of nitrogens with one attached hydrogen (secondary N) is 2. The molecule has 1 aliphatic heterocycles. The highest BCUT2D eigenvalue weighted by Crippen LogP contribution is 2.38. The summed E-state index contributed by atoms with van der Waals surface area (Å²) < 4.78 is 31.7. The molecule has 0 fully saturated rings. The molecule has 3 amide bonds. The minimum atomic E-state index is -3.66. The molecule has 0 bridgehead atoms. The zero-order chi connectivity index (χ0) is 28.0. The minimum Gasteiger partial charge on any atom is -0.450 e. The minimum absolute atomic E-state index is 0.0996. The van der Waals surface area contributed by atoms with Crippen LogP contribution in [0.4, 0.5) is 9.80 Å². The number of anilines is 1. The number of rotatable bonds is 10. The summed E-state index contributed by atoms with van der Waals surface area (Å²) in [6.07, 6.45) is 1.38. The second-order valence-electron chi connectivity index (χ2n) is 9.36. The summed E-state index contributed by atoms with van der Waals surface area (Å²) in [6.45, 7) is 9.74. The Balaban J connectivity index is 1.86. The number of benzene rings is 1. The van der Waals surface area contributed by atoms with Gasteiger partial charge in [0.1, 0.15) is 5.00 Å². The Hall–Kier alpha value is -2.80. The summed E-state index contributed by atoms with van der Waals surface area (Å²) in [5.74, 6) is -1.12. The molecule has 0 atom stereocenters. The van der Waals surface area contributed by atoms with E-state index in [2.05, 4.69) is 29.4 Å². The molecule has 38 heavy (non-hydrogen) atoms. The van der Waals surface area contributed by atoms with E-state index >= 15 is 0 Å². The molecule has 0 spiro atoms. The van der Waals surface area contributed by atoms with Crippen molar-refractivity contribution in [2.75, 3.05) is 32.1 Å². The van der Waals surface area contributed by atoms with Gasteiger partial charge in [-0.2, -0.15) is 0 Å². The molecule has 2 aromatic rings. The number of sulfonamides is 1. The number of amides is 3. The highest BCUT2D eigenvalue weighted by Gasteiger charge is 2.30. The smallest absolute Gasteiger partial charge is 0.414 e. The number of nitrogens with zero attached hydrogens (tertiary/aromatic N) is 2. The van der Waals surface area contributed by atoms with E-state index in [-0.39, 0.29) is 22.6 Å². The number of carbonyl (C=O) groups excluding carboxylic acids is 3. The van der Waals surface area contributed by atoms with Gasteiger partial charge < -0.3 is 10.1 Å². The molecule has 208 valence electrons. The van der Waals surface area contributed by atoms with Crippen LogP contribution in [0.15, 0.2) is 29.2 Å². The lowest BCUT2D eigenvalue weighted by Gasteiger charge is -2.30. The fourth-order valence-electron chi connectivity index (χ4n) is 4.15. The van der Waals surface area contributed by atoms with Crippen molar-refractivity contribution in [3.05, 3.63) is 45.8 Å². The predicted octanol–water partition coefficient (Wildman–Crippen LogP) is 4.07. The van der Waals surface area contributed by atoms with Gasteiger partial charge in [-0.25, -0.2) is 17.5 Å². The molecular weight excluding hydrogens is 528 g/mol. The van der Waals surface area contributed by atoms with Crippen molar-refractivity contribution < 1.29 is 27.5 Å². The van der Waals surface area contributed by atoms with Gasteiger partial charge in [-0.3, -0.25) is 19.8 Å². The van der Waals surface area contributed by atoms with Crippen LogP contribution < -0.4 is 10.6 Å². The molecule has 1 aliphatic rings. The Morgan fingerprint density at radius 3 is 2.42 bits per heavy atom. The van der Waals surface area contributed by atoms with Gasteiger partial charge in [-0.1, -0.05) is 13.3 Å². The molecule has 0 saturated heterocycles. The Labute approximate surface area is 228 Å². The van der Waals surface area contributed by atoms with Crippen molar-refractivity contribution in [2.45, 2.75) is 64.4 Å². The van der Waals surface area contributed by atoms with Crippen LogP contribution in [-0.2, 0) is 27.7 Å². The summed E-state index contributed by atoms with van der Waals surface area (Å²) in [6, 6.07) is 6.02. The van der Waals surface area contributed by atoms with Crippen molar-refractivity contribution >= 4 is 44.3 Å². The average molecular weight is 565 g/mol. The monoisotopic (exact) mass is 564 g/mol. The lowest BCUT2D eigenvalue weighted by atomic mass is 10.0. The van der Waals surface area contributed by atoms with Gasteiger partial charge in [0.15, 0.2) is 0 Å². The predicted molar refractivity (Wildman–Crippen MR) is 147 cm³/mol. The molecule has 0 aliphatic carbocycles. The van der Waals surface area contributed by atoms with E-state index in [1.54, 1.807) is 6.92 Å². The van der Waals surface area contributed by atoms with Crippen LogP contribution in [0.3, 0.4) is 0 Å². The number of carbonyl (C=O) groups is 3. The van der Waals surface area contributed by atoms with Crippen molar-refractivity contribution in [2.24, 2.45) is 0 Å². The second-order valence-corrected chi connectivity index (χ2v) is 12.5. The second kappa shape index (κ2) is 12.8. The van der Waals surface area contributed by atoms with Gasteiger partial charge in [-0.15, -0.1) is 11.3 Å². The Bertz CT molecular complexity index is 1270. The van der Waals surface area contributed by atoms with E-state index < -0.39 is 27.9 Å². The number of hydrogen-bond acceptors (Lipinski definition) is 8. The van der Waals surface area contributed by atoms with Crippen LogP contribution >= 0.6 is 11.3 Å². The largest absolute Gasteiger partial charge is 0.450 e. The summed E-state index contributed by atoms with van der Waals surface area (Å²) in [5, 5.41) is 5.39. The van der Waals surface area contributed by atoms with E-state index in [9.17, 15) is 22.8 Å². The van der Waals surface area contributed by atoms with Crippen LogP contribution in [-0.4, -0.2) is 68.3 Å². The van der Waals surface area contributed by atoms with E-state index in [0.717, 1.165) is 29.8 Å². The van der Waals surface area contributed by atoms with Crippen LogP contribution in [0.25, 0.3) is 0 Å². The fourth-order valence-corrected chi connectivity index (χ4v) is 6.62. The standard InChI is InChI=1S/C26H36N4O6S2/c1-6-8-14-29(5)38(34,35)19-11-9-18(10-12-19)23(31)27-25-22(24(32)28-26(33)36-7-2)20-13-15-30(17(3)4)16-21(20)37-25/h9-12,17H,6-8,13-16H2,1-5H3,(H,27,31)(H,28,32,33). The number of ether oxygens (including phenoxy) is 1. The number of alkyl carbamates (subject to hydrolysis) is 1. The number of imide groups is 1. The van der Waals surface area contributed by atoms with Gasteiger partial charge in [0.2, 0.25) is 10.0 Å². The molecule has 0 radical (unpaired) electrons. The highest BCUT2D eigenvalue weighted by atomic mass is 32.2. The molecule has 2 heterocycles. The van der Waals surface area contributed by atoms with Gasteiger partial charge >= 0.3 is 6.09 Å². The molecule has 0 saturated carbocycles. The van der Waals surface area contributed by atoms with Gasteiger partial charge in [-0.05, 0) is 63.4 Å². The highest BCUT2D eigenvalue weighted by molar-refractivity contribution is 7.89. The maximum absolute atomic E-state index is 13.1. The van der Waals surface area contributed by atoms with E-state index in [4.69, 9.17) is 4.74 Å². The zero-order valence-corrected chi connectivity index (χ0v) is 24.1. The average Bonchev–Trinajstić information content (AvgIpc) is 3.24. The van der Waals surface area contributed by atoms with E-state index in [1.807, 2.05) is 6.92 Å².